The lowest BCUT2D eigenvalue weighted by Gasteiger charge is -2.32. The van der Waals surface area contributed by atoms with Crippen molar-refractivity contribution in [2.24, 2.45) is 11.3 Å². The first kappa shape index (κ1) is 15.9. The number of rotatable bonds is 6. The van der Waals surface area contributed by atoms with Crippen molar-refractivity contribution in [2.75, 3.05) is 13.2 Å². The third kappa shape index (κ3) is 3.69. The fourth-order valence-corrected chi connectivity index (χ4v) is 2.09. The fourth-order valence-electron chi connectivity index (χ4n) is 2.09. The molecular formula is C14H18O6. The molecule has 6 heteroatoms. The van der Waals surface area contributed by atoms with Gasteiger partial charge in [0.05, 0.1) is 11.3 Å². The smallest absolute Gasteiger partial charge is 0.330 e. The van der Waals surface area contributed by atoms with E-state index in [1.54, 1.807) is 19.1 Å². The summed E-state index contributed by atoms with van der Waals surface area (Å²) in [4.78, 5) is 34.1. The quantitative estimate of drug-likeness (QED) is 0.342. The Morgan fingerprint density at radius 2 is 2.05 bits per heavy atom. The van der Waals surface area contributed by atoms with Crippen LogP contribution in [0.2, 0.25) is 0 Å². The summed E-state index contributed by atoms with van der Waals surface area (Å²) in [6.07, 6.45) is 5.37. The van der Waals surface area contributed by atoms with Crippen LogP contribution < -0.4 is 0 Å². The third-order valence-corrected chi connectivity index (χ3v) is 3.28. The van der Waals surface area contributed by atoms with Crippen LogP contribution in [-0.4, -0.2) is 36.2 Å². The number of allylic oxidation sites excluding steroid dienone is 1. The molecule has 0 aromatic rings. The number of carboxylic acids is 1. The van der Waals surface area contributed by atoms with Crippen LogP contribution in [0.25, 0.3) is 0 Å². The molecule has 1 aliphatic carbocycles. The number of ether oxygens (including phenoxy) is 2. The van der Waals surface area contributed by atoms with Gasteiger partial charge in [-0.1, -0.05) is 18.7 Å². The topological polar surface area (TPSA) is 89.9 Å². The van der Waals surface area contributed by atoms with Crippen molar-refractivity contribution in [1.82, 2.24) is 0 Å². The lowest BCUT2D eigenvalue weighted by Crippen LogP contribution is -2.41. The summed E-state index contributed by atoms with van der Waals surface area (Å²) >= 11 is 0. The molecule has 0 spiro atoms. The van der Waals surface area contributed by atoms with Crippen molar-refractivity contribution in [2.45, 2.75) is 19.8 Å². The van der Waals surface area contributed by atoms with Gasteiger partial charge in [-0.15, -0.1) is 0 Å². The standard InChI is InChI=1S/C14H18O6/c1-3-11(15)19-8-9-20-13(18)14(2)7-5-4-6-10(14)12(16)17/h3,5,7,10H,1,4,6,8-9H2,2H3,(H,16,17). The molecule has 2 atom stereocenters. The molecule has 0 amide bonds. The van der Waals surface area contributed by atoms with E-state index in [2.05, 4.69) is 11.3 Å². The molecule has 1 N–H and O–H groups in total. The Labute approximate surface area is 117 Å². The molecule has 0 aliphatic heterocycles. The van der Waals surface area contributed by atoms with Crippen molar-refractivity contribution in [3.8, 4) is 0 Å². The molecule has 2 unspecified atom stereocenters. The first-order valence-corrected chi connectivity index (χ1v) is 6.28. The number of carbonyl (C=O) groups is 3. The highest BCUT2D eigenvalue weighted by molar-refractivity contribution is 5.86. The number of esters is 2. The average molecular weight is 282 g/mol. The van der Waals surface area contributed by atoms with Gasteiger partial charge in [0.25, 0.3) is 0 Å². The maximum absolute atomic E-state index is 12.1. The summed E-state index contributed by atoms with van der Waals surface area (Å²) in [5, 5.41) is 9.18. The molecule has 1 rings (SSSR count). The molecule has 0 aromatic carbocycles. The maximum Gasteiger partial charge on any atom is 0.330 e. The number of carboxylic acid groups (broad SMARTS) is 1. The van der Waals surface area contributed by atoms with Crippen LogP contribution in [0.3, 0.4) is 0 Å². The van der Waals surface area contributed by atoms with Gasteiger partial charge in [-0.25, -0.2) is 4.79 Å². The van der Waals surface area contributed by atoms with Crippen LogP contribution >= 0.6 is 0 Å². The van der Waals surface area contributed by atoms with Crippen molar-refractivity contribution in [3.63, 3.8) is 0 Å². The molecule has 0 aromatic heterocycles. The van der Waals surface area contributed by atoms with Gasteiger partial charge in [-0.3, -0.25) is 9.59 Å². The molecule has 0 bridgehead atoms. The van der Waals surface area contributed by atoms with E-state index >= 15 is 0 Å². The monoisotopic (exact) mass is 282 g/mol. The third-order valence-electron chi connectivity index (χ3n) is 3.28. The van der Waals surface area contributed by atoms with Gasteiger partial charge in [0.1, 0.15) is 13.2 Å². The van der Waals surface area contributed by atoms with Crippen molar-refractivity contribution >= 4 is 17.9 Å². The first-order valence-electron chi connectivity index (χ1n) is 6.28. The lowest BCUT2D eigenvalue weighted by molar-refractivity contribution is -0.165. The van der Waals surface area contributed by atoms with Gasteiger partial charge < -0.3 is 14.6 Å². The highest BCUT2D eigenvalue weighted by atomic mass is 16.6. The van der Waals surface area contributed by atoms with E-state index in [9.17, 15) is 19.5 Å². The van der Waals surface area contributed by atoms with E-state index in [0.717, 1.165) is 6.08 Å². The zero-order chi connectivity index (χ0) is 15.2. The van der Waals surface area contributed by atoms with Crippen LogP contribution in [-0.2, 0) is 23.9 Å². The van der Waals surface area contributed by atoms with Crippen LogP contribution in [0, 0.1) is 11.3 Å². The largest absolute Gasteiger partial charge is 0.481 e. The molecule has 0 saturated heterocycles. The van der Waals surface area contributed by atoms with Gasteiger partial charge in [0.15, 0.2) is 0 Å². The summed E-state index contributed by atoms with van der Waals surface area (Å²) in [7, 11) is 0. The minimum absolute atomic E-state index is 0.0892. The molecule has 6 nitrogen and oxygen atoms in total. The average Bonchev–Trinajstić information content (AvgIpc) is 2.43. The van der Waals surface area contributed by atoms with Gasteiger partial charge in [0, 0.05) is 6.08 Å². The molecule has 0 saturated carbocycles. The van der Waals surface area contributed by atoms with E-state index < -0.39 is 29.2 Å². The minimum Gasteiger partial charge on any atom is -0.481 e. The first-order chi connectivity index (χ1) is 9.41. The molecule has 0 fully saturated rings. The van der Waals surface area contributed by atoms with E-state index in [4.69, 9.17) is 4.74 Å². The number of hydrogen-bond donors (Lipinski definition) is 1. The number of hydrogen-bond acceptors (Lipinski definition) is 5. The zero-order valence-corrected chi connectivity index (χ0v) is 11.3. The summed E-state index contributed by atoms with van der Waals surface area (Å²) < 4.78 is 9.66. The van der Waals surface area contributed by atoms with E-state index in [-0.39, 0.29) is 13.2 Å². The molecule has 0 heterocycles. The Kier molecular flexibility index (Phi) is 5.49. The second-order valence-corrected chi connectivity index (χ2v) is 4.66. The highest BCUT2D eigenvalue weighted by Gasteiger charge is 2.45. The van der Waals surface area contributed by atoms with Gasteiger partial charge >= 0.3 is 17.9 Å². The van der Waals surface area contributed by atoms with E-state index in [0.29, 0.717) is 12.8 Å². The van der Waals surface area contributed by atoms with E-state index in [1.807, 2.05) is 0 Å². The van der Waals surface area contributed by atoms with Crippen molar-refractivity contribution in [1.29, 1.82) is 0 Å². The van der Waals surface area contributed by atoms with Crippen molar-refractivity contribution in [3.05, 3.63) is 24.8 Å². The highest BCUT2D eigenvalue weighted by Crippen LogP contribution is 2.37. The van der Waals surface area contributed by atoms with Crippen LogP contribution in [0.15, 0.2) is 24.8 Å². The van der Waals surface area contributed by atoms with Crippen LogP contribution in [0.5, 0.6) is 0 Å². The zero-order valence-electron chi connectivity index (χ0n) is 11.3. The summed E-state index contributed by atoms with van der Waals surface area (Å²) in [5.74, 6) is -3.06. The molecule has 110 valence electrons. The Bertz CT molecular complexity index is 439. The van der Waals surface area contributed by atoms with Gasteiger partial charge in [0.2, 0.25) is 0 Å². The maximum atomic E-state index is 12.1. The van der Waals surface area contributed by atoms with Crippen LogP contribution in [0.4, 0.5) is 0 Å². The molecule has 20 heavy (non-hydrogen) atoms. The van der Waals surface area contributed by atoms with Gasteiger partial charge in [-0.05, 0) is 19.8 Å². The molecule has 0 radical (unpaired) electrons. The molecular weight excluding hydrogens is 264 g/mol. The Morgan fingerprint density at radius 3 is 2.65 bits per heavy atom. The van der Waals surface area contributed by atoms with Crippen molar-refractivity contribution < 1.29 is 29.0 Å². The predicted octanol–water partition coefficient (Wildman–Crippen LogP) is 1.32. The summed E-state index contributed by atoms with van der Waals surface area (Å²) in [5.41, 5.74) is -1.19. The van der Waals surface area contributed by atoms with Crippen LogP contribution in [0.1, 0.15) is 19.8 Å². The Morgan fingerprint density at radius 1 is 1.40 bits per heavy atom. The summed E-state index contributed by atoms with van der Waals surface area (Å²) in [6.45, 7) is 4.57. The minimum atomic E-state index is -1.19. The Hall–Kier alpha value is -2.11. The van der Waals surface area contributed by atoms with E-state index in [1.165, 1.54) is 0 Å². The second-order valence-electron chi connectivity index (χ2n) is 4.66. The second kappa shape index (κ2) is 6.88. The normalized spacial score (nSPS) is 24.8. The predicted molar refractivity (Wildman–Crippen MR) is 69.7 cm³/mol. The van der Waals surface area contributed by atoms with Gasteiger partial charge in [-0.2, -0.15) is 0 Å². The SMILES string of the molecule is C=CC(=O)OCCOC(=O)C1(C)C=CCCC1C(=O)O. The Balaban J connectivity index is 2.57. The number of carbonyl (C=O) groups excluding carboxylic acids is 2. The molecule has 1 aliphatic rings. The lowest BCUT2D eigenvalue weighted by atomic mass is 9.71. The number of aliphatic carboxylic acids is 1. The fraction of sp³-hybridized carbons (Fsp3) is 0.500. The summed E-state index contributed by atoms with van der Waals surface area (Å²) in [6, 6.07) is 0.